The fourth-order valence-corrected chi connectivity index (χ4v) is 2.07. The molecule has 4 heteroatoms. The molecule has 2 aromatic carbocycles. The van der Waals surface area contributed by atoms with Crippen molar-refractivity contribution in [2.24, 2.45) is 0 Å². The van der Waals surface area contributed by atoms with E-state index in [-0.39, 0.29) is 0 Å². The minimum absolute atomic E-state index is 0.378. The van der Waals surface area contributed by atoms with Crippen LogP contribution in [-0.2, 0) is 17.0 Å². The van der Waals surface area contributed by atoms with Gasteiger partial charge in [0.1, 0.15) is 17.6 Å². The molecule has 0 bridgehead atoms. The number of methoxy groups -OCH3 is 1. The summed E-state index contributed by atoms with van der Waals surface area (Å²) < 4.78 is 10.8. The molecule has 0 aromatic heterocycles. The molecule has 21 heavy (non-hydrogen) atoms. The van der Waals surface area contributed by atoms with Crippen LogP contribution in [0.3, 0.4) is 0 Å². The van der Waals surface area contributed by atoms with Crippen molar-refractivity contribution in [1.29, 1.82) is 5.26 Å². The molecule has 0 unspecified atom stereocenters. The lowest BCUT2D eigenvalue weighted by molar-refractivity contribution is 0.202. The Hall–Kier alpha value is -2.02. The van der Waals surface area contributed by atoms with Gasteiger partial charge in [-0.25, -0.2) is 0 Å². The van der Waals surface area contributed by atoms with E-state index in [0.717, 1.165) is 12.0 Å². The molecule has 0 N–H and O–H groups in total. The highest BCUT2D eigenvalue weighted by Gasteiger charge is 2.06. The zero-order valence-electron chi connectivity index (χ0n) is 11.8. The van der Waals surface area contributed by atoms with E-state index in [0.29, 0.717) is 29.5 Å². The van der Waals surface area contributed by atoms with Crippen LogP contribution in [0.15, 0.2) is 42.5 Å². The minimum Gasteiger partial charge on any atom is -0.456 e. The molecule has 2 aromatic rings. The maximum atomic E-state index is 9.17. The summed E-state index contributed by atoms with van der Waals surface area (Å²) in [6, 6.07) is 15.3. The van der Waals surface area contributed by atoms with Crippen molar-refractivity contribution in [3.8, 4) is 17.6 Å². The summed E-state index contributed by atoms with van der Waals surface area (Å²) in [6.07, 6.45) is 0.866. The lowest BCUT2D eigenvalue weighted by Gasteiger charge is -2.09. The van der Waals surface area contributed by atoms with Crippen LogP contribution in [0.2, 0.25) is 0 Å². The largest absolute Gasteiger partial charge is 0.456 e. The summed E-state index contributed by atoms with van der Waals surface area (Å²) in [4.78, 5) is 0. The Bertz CT molecular complexity index is 632. The summed E-state index contributed by atoms with van der Waals surface area (Å²) in [6.45, 7) is 0.693. The third-order valence-corrected chi connectivity index (χ3v) is 3.37. The Balaban J connectivity index is 2.13. The van der Waals surface area contributed by atoms with E-state index in [1.165, 1.54) is 5.56 Å². The van der Waals surface area contributed by atoms with E-state index in [1.807, 2.05) is 30.3 Å². The highest BCUT2D eigenvalue weighted by molar-refractivity contribution is 6.17. The summed E-state index contributed by atoms with van der Waals surface area (Å²) >= 11 is 5.77. The van der Waals surface area contributed by atoms with Crippen LogP contribution in [0.1, 0.15) is 16.7 Å². The zero-order chi connectivity index (χ0) is 15.1. The van der Waals surface area contributed by atoms with Crippen LogP contribution in [0.4, 0.5) is 0 Å². The van der Waals surface area contributed by atoms with Crippen LogP contribution in [0.5, 0.6) is 11.5 Å². The second-order valence-electron chi connectivity index (χ2n) is 4.56. The van der Waals surface area contributed by atoms with Gasteiger partial charge in [-0.1, -0.05) is 18.2 Å². The lowest BCUT2D eigenvalue weighted by atomic mass is 10.1. The van der Waals surface area contributed by atoms with Gasteiger partial charge in [-0.15, -0.1) is 11.6 Å². The van der Waals surface area contributed by atoms with Crippen molar-refractivity contribution in [3.05, 3.63) is 59.2 Å². The number of halogens is 1. The second kappa shape index (κ2) is 7.68. The van der Waals surface area contributed by atoms with E-state index in [2.05, 4.69) is 6.07 Å². The van der Waals surface area contributed by atoms with Crippen LogP contribution in [0, 0.1) is 11.3 Å². The number of rotatable bonds is 6. The van der Waals surface area contributed by atoms with E-state index >= 15 is 0 Å². The van der Waals surface area contributed by atoms with Gasteiger partial charge in [-0.05, 0) is 41.8 Å². The van der Waals surface area contributed by atoms with Crippen LogP contribution >= 0.6 is 11.6 Å². The predicted octanol–water partition coefficient (Wildman–Crippen LogP) is 4.28. The van der Waals surface area contributed by atoms with Crippen molar-refractivity contribution in [1.82, 2.24) is 0 Å². The molecule has 0 aliphatic carbocycles. The molecule has 0 saturated heterocycles. The van der Waals surface area contributed by atoms with Crippen LogP contribution in [-0.4, -0.2) is 13.7 Å². The number of hydrogen-bond acceptors (Lipinski definition) is 3. The zero-order valence-corrected chi connectivity index (χ0v) is 12.6. The van der Waals surface area contributed by atoms with E-state index < -0.39 is 0 Å². The van der Waals surface area contributed by atoms with Gasteiger partial charge in [0, 0.05) is 13.0 Å². The van der Waals surface area contributed by atoms with E-state index in [4.69, 9.17) is 21.1 Å². The van der Waals surface area contributed by atoms with Crippen molar-refractivity contribution in [3.63, 3.8) is 0 Å². The highest BCUT2D eigenvalue weighted by atomic mass is 35.5. The Morgan fingerprint density at radius 3 is 2.43 bits per heavy atom. The Labute approximate surface area is 129 Å². The summed E-state index contributed by atoms with van der Waals surface area (Å²) in [5, 5.41) is 9.17. The van der Waals surface area contributed by atoms with Gasteiger partial charge in [0.15, 0.2) is 0 Å². The molecule has 0 saturated carbocycles. The van der Waals surface area contributed by atoms with Gasteiger partial charge in [0.05, 0.1) is 12.2 Å². The Kier molecular flexibility index (Phi) is 5.62. The van der Waals surface area contributed by atoms with Crippen LogP contribution < -0.4 is 4.74 Å². The molecule has 0 radical (unpaired) electrons. The first-order valence-corrected chi connectivity index (χ1v) is 7.15. The molecule has 0 spiro atoms. The SMILES string of the molecule is COCCc1ccc(Oc2ccc(CCl)cc2C#N)cc1. The first kappa shape index (κ1) is 15.4. The maximum absolute atomic E-state index is 9.17. The number of hydrogen-bond donors (Lipinski definition) is 0. The minimum atomic E-state index is 0.378. The summed E-state index contributed by atoms with van der Waals surface area (Å²) in [5.74, 6) is 1.62. The van der Waals surface area contributed by atoms with E-state index in [1.54, 1.807) is 19.2 Å². The van der Waals surface area contributed by atoms with Gasteiger partial charge in [0.2, 0.25) is 0 Å². The van der Waals surface area contributed by atoms with Gasteiger partial charge in [-0.3, -0.25) is 0 Å². The topological polar surface area (TPSA) is 42.2 Å². The number of benzene rings is 2. The van der Waals surface area contributed by atoms with Gasteiger partial charge in [-0.2, -0.15) is 5.26 Å². The van der Waals surface area contributed by atoms with Gasteiger partial charge < -0.3 is 9.47 Å². The third kappa shape index (κ3) is 4.22. The monoisotopic (exact) mass is 301 g/mol. The molecule has 0 aliphatic heterocycles. The molecule has 2 rings (SSSR count). The highest BCUT2D eigenvalue weighted by Crippen LogP contribution is 2.26. The van der Waals surface area contributed by atoms with E-state index in [9.17, 15) is 5.26 Å². The number of alkyl halides is 1. The quantitative estimate of drug-likeness (QED) is 0.748. The molecule has 0 heterocycles. The number of nitriles is 1. The maximum Gasteiger partial charge on any atom is 0.145 e. The third-order valence-electron chi connectivity index (χ3n) is 3.06. The standard InChI is InChI=1S/C17H16ClNO2/c1-20-9-8-13-2-5-16(6-3-13)21-17-7-4-14(11-18)10-15(17)12-19/h2-7,10H,8-9,11H2,1H3. The fourth-order valence-electron chi connectivity index (χ4n) is 1.91. The van der Waals surface area contributed by atoms with Crippen molar-refractivity contribution >= 4 is 11.6 Å². The molecular weight excluding hydrogens is 286 g/mol. The average molecular weight is 302 g/mol. The summed E-state index contributed by atoms with van der Waals surface area (Å²) in [5.41, 5.74) is 2.56. The molecule has 0 fully saturated rings. The first-order valence-electron chi connectivity index (χ1n) is 6.61. The van der Waals surface area contributed by atoms with Crippen molar-refractivity contribution in [2.45, 2.75) is 12.3 Å². The summed E-state index contributed by atoms with van der Waals surface area (Å²) in [7, 11) is 1.69. The fraction of sp³-hybridized carbons (Fsp3) is 0.235. The second-order valence-corrected chi connectivity index (χ2v) is 4.83. The van der Waals surface area contributed by atoms with Crippen LogP contribution in [0.25, 0.3) is 0 Å². The predicted molar refractivity (Wildman–Crippen MR) is 82.8 cm³/mol. The number of nitrogens with zero attached hydrogens (tertiary/aromatic N) is 1. The van der Waals surface area contributed by atoms with Gasteiger partial charge >= 0.3 is 0 Å². The molecule has 108 valence electrons. The number of ether oxygens (including phenoxy) is 2. The Morgan fingerprint density at radius 2 is 1.81 bits per heavy atom. The van der Waals surface area contributed by atoms with Gasteiger partial charge in [0.25, 0.3) is 0 Å². The smallest absolute Gasteiger partial charge is 0.145 e. The lowest BCUT2D eigenvalue weighted by Crippen LogP contribution is -1.94. The van der Waals surface area contributed by atoms with Crippen molar-refractivity contribution < 1.29 is 9.47 Å². The molecule has 0 aliphatic rings. The normalized spacial score (nSPS) is 10.1. The first-order chi connectivity index (χ1) is 10.3. The molecule has 0 amide bonds. The molecule has 3 nitrogen and oxygen atoms in total. The average Bonchev–Trinajstić information content (AvgIpc) is 2.54. The Morgan fingerprint density at radius 1 is 1.10 bits per heavy atom. The molecule has 0 atom stereocenters. The molecular formula is C17H16ClNO2. The van der Waals surface area contributed by atoms with Crippen molar-refractivity contribution in [2.75, 3.05) is 13.7 Å².